The largest absolute Gasteiger partial charge is 0.383 e. The van der Waals surface area contributed by atoms with Crippen LogP contribution in [0.4, 0.5) is 11.5 Å². The van der Waals surface area contributed by atoms with Crippen molar-refractivity contribution in [2.75, 3.05) is 43.4 Å². The Labute approximate surface area is 176 Å². The number of rotatable bonds is 6. The molecule has 0 spiro atoms. The number of nitrogens with zero attached hydrogens (tertiary/aromatic N) is 5. The fraction of sp³-hybridized carbons (Fsp3) is 0.409. The molecule has 3 aromatic rings. The quantitative estimate of drug-likeness (QED) is 0.634. The SMILES string of the molecule is Cc1ncc(C[n+]2csc(CCN3CCN(c4ccccc4)CC3)c2C)c(N)n1. The second-order valence-electron chi connectivity index (χ2n) is 7.60. The van der Waals surface area contributed by atoms with Crippen LogP contribution < -0.4 is 15.2 Å². The highest BCUT2D eigenvalue weighted by molar-refractivity contribution is 7.09. The van der Waals surface area contributed by atoms with Gasteiger partial charge in [-0.25, -0.2) is 9.97 Å². The Bertz CT molecular complexity index is 947. The second-order valence-corrected chi connectivity index (χ2v) is 8.54. The molecular formula is C22H29N6S+. The van der Waals surface area contributed by atoms with E-state index in [4.69, 9.17) is 5.73 Å². The van der Waals surface area contributed by atoms with Crippen molar-refractivity contribution in [1.82, 2.24) is 14.9 Å². The van der Waals surface area contributed by atoms with E-state index >= 15 is 0 Å². The second kappa shape index (κ2) is 8.88. The highest BCUT2D eigenvalue weighted by atomic mass is 32.1. The van der Waals surface area contributed by atoms with E-state index in [0.717, 1.165) is 51.3 Å². The maximum absolute atomic E-state index is 6.06. The molecule has 1 aliphatic heterocycles. The zero-order valence-corrected chi connectivity index (χ0v) is 18.0. The molecule has 29 heavy (non-hydrogen) atoms. The van der Waals surface area contributed by atoms with Gasteiger partial charge >= 0.3 is 0 Å². The molecule has 1 saturated heterocycles. The van der Waals surface area contributed by atoms with E-state index in [0.29, 0.717) is 11.6 Å². The van der Waals surface area contributed by atoms with Crippen LogP contribution in [-0.2, 0) is 13.0 Å². The summed E-state index contributed by atoms with van der Waals surface area (Å²) >= 11 is 1.83. The number of hydrogen-bond donors (Lipinski definition) is 1. The molecule has 4 rings (SSSR count). The molecule has 1 fully saturated rings. The molecule has 0 unspecified atom stereocenters. The van der Waals surface area contributed by atoms with E-state index in [2.05, 4.69) is 67.1 Å². The minimum absolute atomic E-state index is 0.577. The number of para-hydroxylation sites is 1. The maximum Gasteiger partial charge on any atom is 0.225 e. The number of nitrogens with two attached hydrogens (primary N) is 1. The van der Waals surface area contributed by atoms with Gasteiger partial charge in [-0.3, -0.25) is 4.90 Å². The van der Waals surface area contributed by atoms with Gasteiger partial charge in [-0.15, -0.1) is 0 Å². The first-order valence-electron chi connectivity index (χ1n) is 10.2. The summed E-state index contributed by atoms with van der Waals surface area (Å²) < 4.78 is 2.26. The molecule has 0 saturated carbocycles. The Morgan fingerprint density at radius 2 is 1.86 bits per heavy atom. The molecule has 2 aromatic heterocycles. The molecule has 0 radical (unpaired) electrons. The predicted octanol–water partition coefficient (Wildman–Crippen LogP) is 2.44. The van der Waals surface area contributed by atoms with Gasteiger partial charge in [0.2, 0.25) is 5.51 Å². The average Bonchev–Trinajstić information content (AvgIpc) is 3.09. The third kappa shape index (κ3) is 4.74. The van der Waals surface area contributed by atoms with Gasteiger partial charge in [-0.1, -0.05) is 29.5 Å². The molecule has 3 heterocycles. The zero-order chi connectivity index (χ0) is 20.2. The van der Waals surface area contributed by atoms with Crippen molar-refractivity contribution in [3.8, 4) is 0 Å². The first-order chi connectivity index (χ1) is 14.1. The van der Waals surface area contributed by atoms with Gasteiger partial charge < -0.3 is 10.6 Å². The van der Waals surface area contributed by atoms with Gasteiger partial charge in [0.1, 0.15) is 11.6 Å². The lowest BCUT2D eigenvalue weighted by Gasteiger charge is -2.36. The summed E-state index contributed by atoms with van der Waals surface area (Å²) in [7, 11) is 0. The van der Waals surface area contributed by atoms with Crippen molar-refractivity contribution < 1.29 is 4.57 Å². The van der Waals surface area contributed by atoms with Crippen LogP contribution in [0.25, 0.3) is 0 Å². The Hall–Kier alpha value is -2.51. The van der Waals surface area contributed by atoms with E-state index in [1.165, 1.54) is 16.3 Å². The summed E-state index contributed by atoms with van der Waals surface area (Å²) in [6, 6.07) is 10.7. The van der Waals surface area contributed by atoms with Crippen molar-refractivity contribution >= 4 is 22.8 Å². The fourth-order valence-corrected chi connectivity index (χ4v) is 4.78. The number of aryl methyl sites for hydroxylation is 1. The molecule has 1 aromatic carbocycles. The van der Waals surface area contributed by atoms with Gasteiger partial charge in [0, 0.05) is 58.0 Å². The van der Waals surface area contributed by atoms with Gasteiger partial charge in [0.05, 0.1) is 10.4 Å². The summed E-state index contributed by atoms with van der Waals surface area (Å²) in [5.41, 5.74) is 11.9. The normalized spacial score (nSPS) is 15.0. The van der Waals surface area contributed by atoms with Gasteiger partial charge in [0.15, 0.2) is 12.2 Å². The van der Waals surface area contributed by atoms with Crippen molar-refractivity contribution in [2.45, 2.75) is 26.8 Å². The minimum atomic E-state index is 0.577. The molecule has 6 nitrogen and oxygen atoms in total. The number of nitrogen functional groups attached to an aromatic ring is 1. The van der Waals surface area contributed by atoms with Crippen LogP contribution in [0.5, 0.6) is 0 Å². The van der Waals surface area contributed by atoms with Crippen molar-refractivity contribution in [3.05, 3.63) is 64.0 Å². The standard InChI is InChI=1S/C22H29N6S/c1-17-21(29-16-28(17)15-19-14-24-18(2)25-22(19)23)8-9-26-10-12-27(13-11-26)20-6-4-3-5-7-20/h3-7,14,16H,8-13,15H2,1-2H3,(H2,23,24,25)/q+1. The van der Waals surface area contributed by atoms with Crippen LogP contribution in [0.3, 0.4) is 0 Å². The first-order valence-corrected chi connectivity index (χ1v) is 11.0. The smallest absolute Gasteiger partial charge is 0.225 e. The third-order valence-electron chi connectivity index (χ3n) is 5.66. The van der Waals surface area contributed by atoms with Crippen LogP contribution in [0.1, 0.15) is 22.0 Å². The Morgan fingerprint density at radius 1 is 1.10 bits per heavy atom. The van der Waals surface area contributed by atoms with Crippen molar-refractivity contribution in [1.29, 1.82) is 0 Å². The van der Waals surface area contributed by atoms with Crippen LogP contribution >= 0.6 is 11.3 Å². The van der Waals surface area contributed by atoms with E-state index < -0.39 is 0 Å². The Kier molecular flexibility index (Phi) is 6.06. The minimum Gasteiger partial charge on any atom is -0.383 e. The number of hydrogen-bond acceptors (Lipinski definition) is 6. The fourth-order valence-electron chi connectivity index (χ4n) is 3.79. The van der Waals surface area contributed by atoms with Crippen LogP contribution in [0.15, 0.2) is 42.0 Å². The number of benzene rings is 1. The lowest BCUT2D eigenvalue weighted by Crippen LogP contribution is -2.47. The average molecular weight is 410 g/mol. The summed E-state index contributed by atoms with van der Waals surface area (Å²) in [5, 5.41) is 0. The molecule has 152 valence electrons. The predicted molar refractivity (Wildman–Crippen MR) is 118 cm³/mol. The summed E-state index contributed by atoms with van der Waals surface area (Å²) in [4.78, 5) is 15.1. The van der Waals surface area contributed by atoms with E-state index in [1.54, 1.807) is 0 Å². The molecular weight excluding hydrogens is 380 g/mol. The van der Waals surface area contributed by atoms with Gasteiger partial charge in [0.25, 0.3) is 0 Å². The van der Waals surface area contributed by atoms with Crippen LogP contribution in [0, 0.1) is 13.8 Å². The summed E-state index contributed by atoms with van der Waals surface area (Å²) in [6.45, 7) is 10.3. The summed E-state index contributed by atoms with van der Waals surface area (Å²) in [5.74, 6) is 1.29. The van der Waals surface area contributed by atoms with Crippen LogP contribution in [0.2, 0.25) is 0 Å². The third-order valence-corrected chi connectivity index (χ3v) is 6.81. The van der Waals surface area contributed by atoms with E-state index in [9.17, 15) is 0 Å². The molecule has 0 amide bonds. The molecule has 0 atom stereocenters. The van der Waals surface area contributed by atoms with Crippen LogP contribution in [-0.4, -0.2) is 47.6 Å². The number of aromatic nitrogens is 3. The Balaban J connectivity index is 1.31. The van der Waals surface area contributed by atoms with Crippen molar-refractivity contribution in [3.63, 3.8) is 0 Å². The van der Waals surface area contributed by atoms with Gasteiger partial charge in [-0.05, 0) is 19.1 Å². The number of piperazine rings is 1. The highest BCUT2D eigenvalue weighted by Crippen LogP contribution is 2.18. The topological polar surface area (TPSA) is 62.2 Å². The zero-order valence-electron chi connectivity index (χ0n) is 17.2. The molecule has 0 bridgehead atoms. The van der Waals surface area contributed by atoms with E-state index in [1.807, 2.05) is 24.5 Å². The molecule has 7 heteroatoms. The molecule has 0 aliphatic carbocycles. The highest BCUT2D eigenvalue weighted by Gasteiger charge is 2.20. The molecule has 2 N–H and O–H groups in total. The Morgan fingerprint density at radius 3 is 2.59 bits per heavy atom. The molecule has 1 aliphatic rings. The number of thiazole rings is 1. The lowest BCUT2D eigenvalue weighted by atomic mass is 10.2. The van der Waals surface area contributed by atoms with Crippen molar-refractivity contribution in [2.24, 2.45) is 0 Å². The maximum atomic E-state index is 6.06. The number of anilines is 2. The first kappa shape index (κ1) is 19.8. The van der Waals surface area contributed by atoms with E-state index in [-0.39, 0.29) is 0 Å². The van der Waals surface area contributed by atoms with Gasteiger partial charge in [-0.2, -0.15) is 4.57 Å². The lowest BCUT2D eigenvalue weighted by molar-refractivity contribution is -0.689. The monoisotopic (exact) mass is 409 g/mol. The summed E-state index contributed by atoms with van der Waals surface area (Å²) in [6.07, 6.45) is 2.93.